The van der Waals surface area contributed by atoms with Gasteiger partial charge in [0.25, 0.3) is 4.33 Å². The fourth-order valence-electron chi connectivity index (χ4n) is 1.11. The van der Waals surface area contributed by atoms with Crippen LogP contribution >= 0.6 is 174 Å². The Balaban J connectivity index is 6.44. The minimum Gasteiger partial charge on any atom is -0.344 e. The van der Waals surface area contributed by atoms with Crippen molar-refractivity contribution in [3.05, 3.63) is 0 Å². The summed E-state index contributed by atoms with van der Waals surface area (Å²) >= 11 is 87.6. The average Bonchev–Trinajstić information content (AvgIpc) is 2.44. The van der Waals surface area contributed by atoms with Gasteiger partial charge in [0.05, 0.1) is 0 Å². The number of halogens is 15. The molecule has 150 valence electrons. The van der Waals surface area contributed by atoms with E-state index in [-0.39, 0.29) is 0 Å². The highest BCUT2D eigenvalue weighted by Gasteiger charge is 2.79. The van der Waals surface area contributed by atoms with Gasteiger partial charge in [0.15, 0.2) is 21.7 Å². The van der Waals surface area contributed by atoms with Crippen molar-refractivity contribution in [3.8, 4) is 0 Å². The Bertz CT molecular complexity index is 510. The first-order valence-corrected chi connectivity index (χ1v) is 10.8. The van der Waals surface area contributed by atoms with Gasteiger partial charge in [-0.15, -0.1) is 23.2 Å². The molecule has 0 saturated heterocycles. The maximum Gasteiger partial charge on any atom is 0.363 e. The zero-order chi connectivity index (χ0) is 20.9. The van der Waals surface area contributed by atoms with Crippen LogP contribution in [0, 0.1) is 0 Å². The number of alkyl halides is 14. The molecule has 0 N–H and O–H groups in total. The van der Waals surface area contributed by atoms with Gasteiger partial charge in [-0.25, -0.2) is 4.79 Å². The van der Waals surface area contributed by atoms with Gasteiger partial charge in [-0.1, -0.05) is 139 Å². The lowest BCUT2D eigenvalue weighted by molar-refractivity contribution is -0.135. The molecule has 0 aromatic rings. The lowest BCUT2D eigenvalue weighted by Crippen LogP contribution is -2.68. The van der Waals surface area contributed by atoms with Crippen LogP contribution in [0.1, 0.15) is 0 Å². The average molecular weight is 661 g/mol. The first-order chi connectivity index (χ1) is 10.7. The highest BCUT2D eigenvalue weighted by molar-refractivity contribution is 6.80. The summed E-state index contributed by atoms with van der Waals surface area (Å²) in [6.45, 7) is 0. The molecule has 0 saturated carbocycles. The second kappa shape index (κ2) is 9.13. The van der Waals surface area contributed by atoms with E-state index in [2.05, 4.69) is 4.29 Å². The van der Waals surface area contributed by atoms with Crippen LogP contribution in [-0.2, 0) is 9.08 Å². The number of rotatable bonds is 7. The van der Waals surface area contributed by atoms with E-state index in [1.165, 1.54) is 0 Å². The SMILES string of the molecule is O=C(OCl)C(Cl)(Cl)C(Cl)(Cl)C(Cl)(Cl)C(Cl)(Cl)C(Cl)(Cl)C(Cl)(Cl)C(Cl)Cl. The highest BCUT2D eigenvalue weighted by atomic mass is 35.6. The van der Waals surface area contributed by atoms with Gasteiger partial charge in [-0.3, -0.25) is 0 Å². The van der Waals surface area contributed by atoms with Gasteiger partial charge in [0.2, 0.25) is 0 Å². The minimum atomic E-state index is -2.98. The van der Waals surface area contributed by atoms with E-state index in [9.17, 15) is 4.79 Å². The van der Waals surface area contributed by atoms with E-state index in [0.29, 0.717) is 0 Å². The molecule has 0 heterocycles. The van der Waals surface area contributed by atoms with Gasteiger partial charge >= 0.3 is 5.97 Å². The zero-order valence-electron chi connectivity index (χ0n) is 10.6. The smallest absolute Gasteiger partial charge is 0.344 e. The number of carbonyl (C=O) groups excluding carboxylic acids is 1. The summed E-state index contributed by atoms with van der Waals surface area (Å²) in [5.74, 6) is -1.59. The molecule has 0 unspecified atom stereocenters. The maximum absolute atomic E-state index is 11.7. The number of hydrogen-bond donors (Lipinski definition) is 0. The Hall–Kier alpha value is 3.82. The van der Waals surface area contributed by atoms with Crippen LogP contribution in [0.3, 0.4) is 0 Å². The van der Waals surface area contributed by atoms with Crippen LogP contribution in [0.25, 0.3) is 0 Å². The Labute approximate surface area is 217 Å². The van der Waals surface area contributed by atoms with Crippen molar-refractivity contribution in [2.45, 2.75) is 30.8 Å². The van der Waals surface area contributed by atoms with Crippen molar-refractivity contribution in [2.24, 2.45) is 0 Å². The monoisotopic (exact) mass is 654 g/mol. The molecule has 0 atom stereocenters. The van der Waals surface area contributed by atoms with Crippen molar-refractivity contribution in [1.82, 2.24) is 0 Å². The number of hydrogen-bond acceptors (Lipinski definition) is 2. The van der Waals surface area contributed by atoms with Crippen LogP contribution in [0.15, 0.2) is 0 Å². The fourth-order valence-corrected chi connectivity index (χ4v) is 5.37. The first kappa shape index (κ1) is 28.8. The molecule has 0 radical (unpaired) electrons. The quantitative estimate of drug-likeness (QED) is 0.256. The predicted molar refractivity (Wildman–Crippen MR) is 114 cm³/mol. The molecule has 2 nitrogen and oxygen atoms in total. The minimum absolute atomic E-state index is 1.59. The van der Waals surface area contributed by atoms with Gasteiger partial charge in [0.1, 0.15) is 16.7 Å². The molecule has 0 bridgehead atoms. The molecule has 0 rings (SSSR count). The summed E-state index contributed by atoms with van der Waals surface area (Å²) in [6.07, 6.45) is 0. The van der Waals surface area contributed by atoms with E-state index in [4.69, 9.17) is 174 Å². The van der Waals surface area contributed by atoms with Crippen molar-refractivity contribution in [3.63, 3.8) is 0 Å². The molecule has 0 spiro atoms. The van der Waals surface area contributed by atoms with Crippen molar-refractivity contribution in [1.29, 1.82) is 0 Å². The third kappa shape index (κ3) is 4.70. The zero-order valence-corrected chi connectivity index (χ0v) is 21.9. The molecule has 0 amide bonds. The van der Waals surface area contributed by atoms with Gasteiger partial charge in [-0.2, -0.15) is 0 Å². The lowest BCUT2D eigenvalue weighted by Gasteiger charge is -2.51. The van der Waals surface area contributed by atoms with E-state index in [1.54, 1.807) is 0 Å². The Morgan fingerprint density at radius 3 is 1.24 bits per heavy atom. The maximum atomic E-state index is 11.7. The molecule has 0 aliphatic heterocycles. The van der Waals surface area contributed by atoms with Gasteiger partial charge in [0, 0.05) is 0 Å². The molecule has 0 fully saturated rings. The summed E-state index contributed by atoms with van der Waals surface area (Å²) in [5, 5.41) is 0. The summed E-state index contributed by atoms with van der Waals surface area (Å²) in [4.78, 5) is 9.97. The third-order valence-electron chi connectivity index (χ3n) is 2.60. The van der Waals surface area contributed by atoms with Crippen LogP contribution in [0.4, 0.5) is 0 Å². The Morgan fingerprint density at radius 1 is 0.640 bits per heavy atom. The van der Waals surface area contributed by atoms with Crippen molar-refractivity contribution in [2.75, 3.05) is 0 Å². The van der Waals surface area contributed by atoms with Gasteiger partial charge < -0.3 is 4.29 Å². The summed E-state index contributed by atoms with van der Waals surface area (Å²) in [7, 11) is 0. The Kier molecular flexibility index (Phi) is 10.5. The molecule has 25 heavy (non-hydrogen) atoms. The van der Waals surface area contributed by atoms with Crippen LogP contribution < -0.4 is 0 Å². The predicted octanol–water partition coefficient (Wildman–Crippen LogP) is 8.53. The molecule has 0 aromatic carbocycles. The van der Waals surface area contributed by atoms with Crippen LogP contribution in [0.5, 0.6) is 0 Å². The Morgan fingerprint density at radius 2 is 0.960 bits per heavy atom. The standard InChI is InChI=1S/C8HCl15O2/c9-1(10)3(11,12)5(15,16)7(19,20)8(21,22)6(17,18)4(13,14)2(24)25-23/h1H. The topological polar surface area (TPSA) is 26.3 Å². The molecule has 17 heteroatoms. The fraction of sp³-hybridized carbons (Fsp3) is 0.875. The van der Waals surface area contributed by atoms with E-state index in [0.717, 1.165) is 0 Å². The first-order valence-electron chi connectivity index (χ1n) is 5.06. The number of carbonyl (C=O) groups is 1. The van der Waals surface area contributed by atoms with Crippen LogP contribution in [0.2, 0.25) is 0 Å². The van der Waals surface area contributed by atoms with Crippen molar-refractivity contribution >= 4 is 180 Å². The largest absolute Gasteiger partial charge is 0.363 e. The second-order valence-electron chi connectivity index (χ2n) is 4.16. The summed E-state index contributed by atoms with van der Waals surface area (Å²) in [6, 6.07) is 0. The van der Waals surface area contributed by atoms with Gasteiger partial charge in [-0.05, 0) is 0 Å². The van der Waals surface area contributed by atoms with Crippen LogP contribution in [-0.4, -0.2) is 36.8 Å². The molecular weight excluding hydrogens is 660 g/mol. The van der Waals surface area contributed by atoms with E-state index >= 15 is 0 Å². The summed E-state index contributed by atoms with van der Waals surface area (Å²) < 4.78 is -13.3. The molecular formula is C8HCl15O2. The highest BCUT2D eigenvalue weighted by Crippen LogP contribution is 2.69. The van der Waals surface area contributed by atoms with E-state index in [1.807, 2.05) is 0 Å². The molecule has 0 aromatic heterocycles. The normalized spacial score (nSPS) is 15.5. The van der Waals surface area contributed by atoms with Crippen molar-refractivity contribution < 1.29 is 9.08 Å². The van der Waals surface area contributed by atoms with E-state index < -0.39 is 36.8 Å². The third-order valence-corrected chi connectivity index (χ3v) is 12.2. The lowest BCUT2D eigenvalue weighted by atomic mass is 10.0. The second-order valence-corrected chi connectivity index (χ2v) is 13.4. The summed E-state index contributed by atoms with van der Waals surface area (Å²) in [5.41, 5.74) is 0. The molecule has 0 aliphatic rings. The molecule has 0 aliphatic carbocycles.